The molecule has 178 valence electrons. The van der Waals surface area contributed by atoms with Crippen LogP contribution in [0.4, 0.5) is 5.69 Å². The molecule has 0 spiro atoms. The summed E-state index contributed by atoms with van der Waals surface area (Å²) in [5.41, 5.74) is 5.12. The van der Waals surface area contributed by atoms with E-state index in [-0.39, 0.29) is 18.9 Å². The largest absolute Gasteiger partial charge is 0.481 e. The molecule has 1 saturated carbocycles. The summed E-state index contributed by atoms with van der Waals surface area (Å²) in [4.78, 5) is 26.9. The summed E-state index contributed by atoms with van der Waals surface area (Å²) in [7, 11) is 1.83. The van der Waals surface area contributed by atoms with Crippen molar-refractivity contribution < 1.29 is 14.6 Å². The van der Waals surface area contributed by atoms with Gasteiger partial charge in [-0.1, -0.05) is 11.6 Å². The van der Waals surface area contributed by atoms with E-state index in [1.54, 1.807) is 10.9 Å². The third-order valence-electron chi connectivity index (χ3n) is 6.85. The number of nitrogens with zero attached hydrogens (tertiary/aromatic N) is 7. The Kier molecular flexibility index (Phi) is 6.12. The number of carboxylic acids is 1. The van der Waals surface area contributed by atoms with Crippen LogP contribution in [0.1, 0.15) is 55.1 Å². The van der Waals surface area contributed by atoms with Crippen LogP contribution in [0.15, 0.2) is 24.4 Å². The van der Waals surface area contributed by atoms with Crippen molar-refractivity contribution >= 4 is 11.7 Å². The highest BCUT2D eigenvalue weighted by Gasteiger charge is 2.26. The van der Waals surface area contributed by atoms with Gasteiger partial charge in [0.05, 0.1) is 22.8 Å². The Morgan fingerprint density at radius 1 is 1.21 bits per heavy atom. The van der Waals surface area contributed by atoms with Gasteiger partial charge in [-0.25, -0.2) is 14.6 Å². The number of pyridine rings is 1. The highest BCUT2D eigenvalue weighted by atomic mass is 16.5. The first-order valence-corrected chi connectivity index (χ1v) is 11.8. The lowest BCUT2D eigenvalue weighted by Crippen LogP contribution is -2.21. The lowest BCUT2D eigenvalue weighted by Gasteiger charge is -2.24. The predicted molar refractivity (Wildman–Crippen MR) is 124 cm³/mol. The van der Waals surface area contributed by atoms with Crippen molar-refractivity contribution in [2.45, 2.75) is 51.6 Å². The van der Waals surface area contributed by atoms with Gasteiger partial charge >= 0.3 is 12.0 Å². The molecule has 2 fully saturated rings. The average molecular weight is 464 g/mol. The molecule has 1 aliphatic carbocycles. The number of carbonyl (C=O) groups is 1. The van der Waals surface area contributed by atoms with Crippen LogP contribution in [-0.2, 0) is 18.4 Å². The van der Waals surface area contributed by atoms with E-state index in [0.717, 1.165) is 48.0 Å². The Morgan fingerprint density at radius 2 is 2.06 bits per heavy atom. The zero-order valence-electron chi connectivity index (χ0n) is 19.5. The minimum absolute atomic E-state index is 0.172. The number of hydrogen-bond donors (Lipinski definition) is 1. The van der Waals surface area contributed by atoms with Gasteiger partial charge in [-0.3, -0.25) is 4.79 Å². The average Bonchev–Trinajstić information content (AvgIpc) is 3.37. The molecule has 2 aliphatic rings. The highest BCUT2D eigenvalue weighted by molar-refractivity contribution is 5.67. The number of aromatic nitrogens is 6. The van der Waals surface area contributed by atoms with Gasteiger partial charge in [0.25, 0.3) is 0 Å². The summed E-state index contributed by atoms with van der Waals surface area (Å²) in [6.45, 7) is 3.77. The van der Waals surface area contributed by atoms with Gasteiger partial charge in [0, 0.05) is 38.7 Å². The highest BCUT2D eigenvalue weighted by Crippen LogP contribution is 2.35. The number of carboxylic acid groups (broad SMARTS) is 1. The normalized spacial score (nSPS) is 18.2. The Balaban J connectivity index is 1.30. The van der Waals surface area contributed by atoms with Crippen LogP contribution in [0.5, 0.6) is 6.01 Å². The SMILES string of the molecule is Cc1nc(-c2nnn(C)c2COc2nccc(C3CCC3)n2)ccc1N1CC[C@@H](CC(=O)O)C1. The Morgan fingerprint density at radius 3 is 2.79 bits per heavy atom. The maximum absolute atomic E-state index is 11.0. The van der Waals surface area contributed by atoms with Gasteiger partial charge in [-0.2, -0.15) is 4.98 Å². The second-order valence-electron chi connectivity index (χ2n) is 9.19. The van der Waals surface area contributed by atoms with Crippen LogP contribution in [-0.4, -0.2) is 54.1 Å². The molecule has 1 aliphatic heterocycles. The first-order valence-electron chi connectivity index (χ1n) is 11.8. The molecule has 3 aromatic heterocycles. The van der Waals surface area contributed by atoms with Crippen molar-refractivity contribution in [3.05, 3.63) is 41.5 Å². The van der Waals surface area contributed by atoms with E-state index in [0.29, 0.717) is 17.6 Å². The lowest BCUT2D eigenvalue weighted by atomic mass is 9.83. The summed E-state index contributed by atoms with van der Waals surface area (Å²) >= 11 is 0. The lowest BCUT2D eigenvalue weighted by molar-refractivity contribution is -0.137. The van der Waals surface area contributed by atoms with Gasteiger partial charge in [-0.05, 0) is 50.3 Å². The molecule has 0 amide bonds. The van der Waals surface area contributed by atoms with Gasteiger partial charge in [0.1, 0.15) is 18.0 Å². The van der Waals surface area contributed by atoms with E-state index in [1.165, 1.54) is 19.3 Å². The molecule has 0 radical (unpaired) electrons. The second kappa shape index (κ2) is 9.36. The molecule has 5 rings (SSSR count). The quantitative estimate of drug-likeness (QED) is 0.537. The number of anilines is 1. The van der Waals surface area contributed by atoms with E-state index in [2.05, 4.69) is 25.2 Å². The van der Waals surface area contributed by atoms with E-state index in [4.69, 9.17) is 14.8 Å². The summed E-state index contributed by atoms with van der Waals surface area (Å²) < 4.78 is 7.61. The molecular formula is C24H29N7O3. The third-order valence-corrected chi connectivity index (χ3v) is 6.85. The standard InChI is InChI=1S/C24H29N7O3/c1-15-20(31-11-9-16(13-31)12-22(32)33)7-6-19(26-15)23-21(30(2)29-28-23)14-34-24-25-10-8-18(27-24)17-4-3-5-17/h6-8,10,16-17H,3-5,9,11-14H2,1-2H3,(H,32,33)/t16-/m0/s1. The van der Waals surface area contributed by atoms with Crippen LogP contribution < -0.4 is 9.64 Å². The van der Waals surface area contributed by atoms with E-state index in [9.17, 15) is 4.79 Å². The molecule has 1 saturated heterocycles. The van der Waals surface area contributed by atoms with Crippen molar-refractivity contribution in [2.75, 3.05) is 18.0 Å². The first-order chi connectivity index (χ1) is 16.5. The van der Waals surface area contributed by atoms with Crippen molar-refractivity contribution in [1.29, 1.82) is 0 Å². The molecule has 0 unspecified atom stereocenters. The molecule has 3 aromatic rings. The van der Waals surface area contributed by atoms with E-state index < -0.39 is 5.97 Å². The number of ether oxygens (including phenoxy) is 1. The second-order valence-corrected chi connectivity index (χ2v) is 9.19. The first kappa shape index (κ1) is 22.2. The van der Waals surface area contributed by atoms with Crippen molar-refractivity contribution in [3.63, 3.8) is 0 Å². The molecule has 1 N–H and O–H groups in total. The van der Waals surface area contributed by atoms with Crippen LogP contribution >= 0.6 is 0 Å². The Labute approximate surface area is 198 Å². The monoisotopic (exact) mass is 463 g/mol. The molecule has 4 heterocycles. The fourth-order valence-electron chi connectivity index (χ4n) is 4.71. The summed E-state index contributed by atoms with van der Waals surface area (Å²) in [5.74, 6) is -0.0556. The zero-order valence-corrected chi connectivity index (χ0v) is 19.5. The molecule has 34 heavy (non-hydrogen) atoms. The number of aryl methyl sites for hydroxylation is 2. The molecule has 0 bridgehead atoms. The van der Waals surface area contributed by atoms with Crippen LogP contribution in [0.3, 0.4) is 0 Å². The minimum Gasteiger partial charge on any atom is -0.481 e. The van der Waals surface area contributed by atoms with Crippen molar-refractivity contribution in [3.8, 4) is 17.4 Å². The zero-order chi connectivity index (χ0) is 23.7. The smallest absolute Gasteiger partial charge is 0.316 e. The molecule has 1 atom stereocenters. The maximum Gasteiger partial charge on any atom is 0.316 e. The molecule has 10 nitrogen and oxygen atoms in total. The summed E-state index contributed by atoms with van der Waals surface area (Å²) in [5, 5.41) is 17.6. The molecule has 10 heteroatoms. The Bertz CT molecular complexity index is 1190. The minimum atomic E-state index is -0.741. The Hall–Kier alpha value is -3.56. The van der Waals surface area contributed by atoms with Crippen LogP contribution in [0.2, 0.25) is 0 Å². The van der Waals surface area contributed by atoms with E-state index in [1.807, 2.05) is 32.2 Å². The fraction of sp³-hybridized carbons (Fsp3) is 0.500. The molecule has 0 aromatic carbocycles. The fourth-order valence-corrected chi connectivity index (χ4v) is 4.71. The number of hydrogen-bond acceptors (Lipinski definition) is 8. The topological polar surface area (TPSA) is 119 Å². The maximum atomic E-state index is 11.0. The van der Waals surface area contributed by atoms with Crippen LogP contribution in [0.25, 0.3) is 11.4 Å². The van der Waals surface area contributed by atoms with Crippen LogP contribution in [0, 0.1) is 12.8 Å². The summed E-state index contributed by atoms with van der Waals surface area (Å²) in [6.07, 6.45) is 6.43. The number of aliphatic carboxylic acids is 1. The number of rotatable bonds is 8. The van der Waals surface area contributed by atoms with Crippen molar-refractivity contribution in [1.82, 2.24) is 29.9 Å². The van der Waals surface area contributed by atoms with Gasteiger partial charge < -0.3 is 14.7 Å². The van der Waals surface area contributed by atoms with Gasteiger partial charge in [0.15, 0.2) is 0 Å². The molecular weight excluding hydrogens is 434 g/mol. The van der Waals surface area contributed by atoms with Crippen molar-refractivity contribution in [2.24, 2.45) is 13.0 Å². The van der Waals surface area contributed by atoms with Gasteiger partial charge in [-0.15, -0.1) is 5.10 Å². The van der Waals surface area contributed by atoms with Gasteiger partial charge in [0.2, 0.25) is 0 Å². The predicted octanol–water partition coefficient (Wildman–Crippen LogP) is 3.12. The van der Waals surface area contributed by atoms with E-state index >= 15 is 0 Å². The third kappa shape index (κ3) is 4.57. The summed E-state index contributed by atoms with van der Waals surface area (Å²) in [6, 6.07) is 6.30.